The summed E-state index contributed by atoms with van der Waals surface area (Å²) in [6.07, 6.45) is -0.549. The van der Waals surface area contributed by atoms with E-state index >= 15 is 0 Å². The van der Waals surface area contributed by atoms with Gasteiger partial charge in [0.2, 0.25) is 0 Å². The van der Waals surface area contributed by atoms with Crippen LogP contribution in [0.4, 0.5) is 0 Å². The number of rotatable bonds is 6. The van der Waals surface area contributed by atoms with E-state index in [0.29, 0.717) is 5.92 Å². The molecule has 4 heteroatoms. The van der Waals surface area contributed by atoms with Crippen molar-refractivity contribution in [2.75, 3.05) is 19.8 Å². The molecule has 1 saturated heterocycles. The fourth-order valence-electron chi connectivity index (χ4n) is 1.25. The minimum absolute atomic E-state index is 0.0428. The van der Waals surface area contributed by atoms with Crippen molar-refractivity contribution < 1.29 is 19.7 Å². The average Bonchev–Trinajstić information content (AvgIpc) is 2.87. The van der Waals surface area contributed by atoms with Crippen LogP contribution in [-0.4, -0.2) is 48.3 Å². The van der Waals surface area contributed by atoms with Crippen LogP contribution in [0.5, 0.6) is 0 Å². The Labute approximate surface area is 78.5 Å². The first kappa shape index (κ1) is 10.9. The van der Waals surface area contributed by atoms with Crippen LogP contribution >= 0.6 is 0 Å². The van der Waals surface area contributed by atoms with Crippen LogP contribution in [0.25, 0.3) is 0 Å². The molecular formula is C9H18O4. The molecule has 3 unspecified atom stereocenters. The van der Waals surface area contributed by atoms with Crippen LogP contribution in [-0.2, 0) is 9.47 Å². The van der Waals surface area contributed by atoms with Gasteiger partial charge < -0.3 is 19.7 Å². The molecule has 0 amide bonds. The third kappa shape index (κ3) is 3.60. The number of aliphatic hydroxyl groups excluding tert-OH is 2. The van der Waals surface area contributed by atoms with Gasteiger partial charge in [-0.15, -0.1) is 0 Å². The summed E-state index contributed by atoms with van der Waals surface area (Å²) in [7, 11) is 0. The fraction of sp³-hybridized carbons (Fsp3) is 1.00. The molecule has 2 N–H and O–H groups in total. The molecule has 1 aliphatic rings. The smallest absolute Gasteiger partial charge is 0.107 e. The molecule has 0 saturated carbocycles. The summed E-state index contributed by atoms with van der Waals surface area (Å²) in [6, 6.07) is 0. The molecule has 4 nitrogen and oxygen atoms in total. The molecule has 78 valence electrons. The summed E-state index contributed by atoms with van der Waals surface area (Å²) in [5, 5.41) is 17.7. The fourth-order valence-corrected chi connectivity index (χ4v) is 1.25. The van der Waals surface area contributed by atoms with E-state index in [-0.39, 0.29) is 25.4 Å². The van der Waals surface area contributed by atoms with Crippen molar-refractivity contribution in [3.05, 3.63) is 0 Å². The molecule has 1 fully saturated rings. The van der Waals surface area contributed by atoms with Crippen molar-refractivity contribution in [1.82, 2.24) is 0 Å². The Hall–Kier alpha value is -0.160. The van der Waals surface area contributed by atoms with Gasteiger partial charge in [-0.1, -0.05) is 13.8 Å². The lowest BCUT2D eigenvalue weighted by molar-refractivity contribution is -0.0529. The number of aliphatic hydroxyl groups is 2. The van der Waals surface area contributed by atoms with Gasteiger partial charge in [0.05, 0.1) is 25.9 Å². The largest absolute Gasteiger partial charge is 0.394 e. The third-order valence-corrected chi connectivity index (χ3v) is 2.07. The Morgan fingerprint density at radius 1 is 1.54 bits per heavy atom. The molecule has 3 atom stereocenters. The molecule has 0 aromatic carbocycles. The number of hydrogen-bond donors (Lipinski definition) is 2. The van der Waals surface area contributed by atoms with Crippen LogP contribution in [0, 0.1) is 5.92 Å². The molecule has 0 radical (unpaired) electrons. The maximum atomic E-state index is 9.07. The zero-order valence-electron chi connectivity index (χ0n) is 8.14. The molecular weight excluding hydrogens is 172 g/mol. The van der Waals surface area contributed by atoms with Crippen molar-refractivity contribution in [3.63, 3.8) is 0 Å². The first-order valence-electron chi connectivity index (χ1n) is 4.67. The Bertz CT molecular complexity index is 143. The molecule has 1 rings (SSSR count). The van der Waals surface area contributed by atoms with Crippen LogP contribution in [0.15, 0.2) is 0 Å². The predicted molar refractivity (Wildman–Crippen MR) is 47.4 cm³/mol. The van der Waals surface area contributed by atoms with Crippen molar-refractivity contribution in [1.29, 1.82) is 0 Å². The molecule has 0 aromatic rings. The summed E-state index contributed by atoms with van der Waals surface area (Å²) >= 11 is 0. The van der Waals surface area contributed by atoms with Gasteiger partial charge in [0, 0.05) is 0 Å². The molecule has 1 heterocycles. The lowest BCUT2D eigenvalue weighted by Crippen LogP contribution is -2.31. The Kier molecular flexibility index (Phi) is 4.12. The van der Waals surface area contributed by atoms with Gasteiger partial charge in [0.1, 0.15) is 12.2 Å². The summed E-state index contributed by atoms with van der Waals surface area (Å²) in [4.78, 5) is 0. The quantitative estimate of drug-likeness (QED) is 0.568. The first-order chi connectivity index (χ1) is 6.15. The van der Waals surface area contributed by atoms with Gasteiger partial charge in [0.25, 0.3) is 0 Å². The van der Waals surface area contributed by atoms with Gasteiger partial charge in [-0.05, 0) is 5.92 Å². The molecule has 1 aliphatic heterocycles. The Balaban J connectivity index is 2.22. The van der Waals surface area contributed by atoms with Gasteiger partial charge >= 0.3 is 0 Å². The lowest BCUT2D eigenvalue weighted by Gasteiger charge is -2.20. The maximum Gasteiger partial charge on any atom is 0.107 e. The van der Waals surface area contributed by atoms with Gasteiger partial charge in [0.15, 0.2) is 0 Å². The van der Waals surface area contributed by atoms with E-state index in [2.05, 4.69) is 13.8 Å². The number of epoxide rings is 1. The topological polar surface area (TPSA) is 62.2 Å². The summed E-state index contributed by atoms with van der Waals surface area (Å²) in [6.45, 7) is 4.78. The standard InChI is InChI=1S/C9H18O4/c1-6(2)9(8-5-12-8)13-4-7(11)3-10/h6-11H,3-5H2,1-2H3. The van der Waals surface area contributed by atoms with Crippen molar-refractivity contribution in [2.45, 2.75) is 32.2 Å². The van der Waals surface area contributed by atoms with E-state index in [1.165, 1.54) is 0 Å². The van der Waals surface area contributed by atoms with Gasteiger partial charge in [-0.25, -0.2) is 0 Å². The second-order valence-electron chi connectivity index (χ2n) is 3.75. The summed E-state index contributed by atoms with van der Waals surface area (Å²) in [5.74, 6) is 0.374. The SMILES string of the molecule is CC(C)C(OCC(O)CO)C1CO1. The summed E-state index contributed by atoms with van der Waals surface area (Å²) < 4.78 is 10.6. The Morgan fingerprint density at radius 2 is 2.15 bits per heavy atom. The highest BCUT2D eigenvalue weighted by atomic mass is 16.6. The second kappa shape index (κ2) is 4.91. The van der Waals surface area contributed by atoms with Crippen LogP contribution < -0.4 is 0 Å². The van der Waals surface area contributed by atoms with Crippen LogP contribution in [0.1, 0.15) is 13.8 Å². The normalized spacial score (nSPS) is 26.1. The monoisotopic (exact) mass is 190 g/mol. The van der Waals surface area contributed by atoms with E-state index in [0.717, 1.165) is 6.61 Å². The van der Waals surface area contributed by atoms with E-state index in [1.54, 1.807) is 0 Å². The van der Waals surface area contributed by atoms with Crippen molar-refractivity contribution in [2.24, 2.45) is 5.92 Å². The van der Waals surface area contributed by atoms with Crippen molar-refractivity contribution in [3.8, 4) is 0 Å². The van der Waals surface area contributed by atoms with Gasteiger partial charge in [-0.3, -0.25) is 0 Å². The number of hydrogen-bond acceptors (Lipinski definition) is 4. The highest BCUT2D eigenvalue weighted by Crippen LogP contribution is 2.23. The zero-order chi connectivity index (χ0) is 9.84. The van der Waals surface area contributed by atoms with Crippen LogP contribution in [0.3, 0.4) is 0 Å². The second-order valence-corrected chi connectivity index (χ2v) is 3.75. The highest BCUT2D eigenvalue weighted by molar-refractivity contribution is 4.82. The first-order valence-corrected chi connectivity index (χ1v) is 4.67. The predicted octanol–water partition coefficient (Wildman–Crippen LogP) is -0.220. The minimum Gasteiger partial charge on any atom is -0.394 e. The van der Waals surface area contributed by atoms with E-state index in [9.17, 15) is 0 Å². The lowest BCUT2D eigenvalue weighted by atomic mass is 10.0. The van der Waals surface area contributed by atoms with E-state index in [4.69, 9.17) is 19.7 Å². The molecule has 0 aliphatic carbocycles. The van der Waals surface area contributed by atoms with Crippen LogP contribution in [0.2, 0.25) is 0 Å². The number of ether oxygens (including phenoxy) is 2. The molecule has 0 bridgehead atoms. The van der Waals surface area contributed by atoms with E-state index in [1.807, 2.05) is 0 Å². The van der Waals surface area contributed by atoms with Crippen molar-refractivity contribution >= 4 is 0 Å². The highest BCUT2D eigenvalue weighted by Gasteiger charge is 2.35. The minimum atomic E-state index is -0.778. The summed E-state index contributed by atoms with van der Waals surface area (Å²) in [5.41, 5.74) is 0. The van der Waals surface area contributed by atoms with E-state index < -0.39 is 6.10 Å². The average molecular weight is 190 g/mol. The van der Waals surface area contributed by atoms with Gasteiger partial charge in [-0.2, -0.15) is 0 Å². The third-order valence-electron chi connectivity index (χ3n) is 2.07. The zero-order valence-corrected chi connectivity index (χ0v) is 8.14. The maximum absolute atomic E-state index is 9.07. The molecule has 0 aromatic heterocycles. The molecule has 0 spiro atoms. The Morgan fingerprint density at radius 3 is 2.54 bits per heavy atom. The molecule has 13 heavy (non-hydrogen) atoms.